The molecule has 0 fully saturated rings. The zero-order valence-electron chi connectivity index (χ0n) is 23.5. The van der Waals surface area contributed by atoms with Crippen LogP contribution >= 0.6 is 8.30 Å². The Labute approximate surface area is 224 Å². The number of hydrogen-bond donors (Lipinski definition) is 0. The summed E-state index contributed by atoms with van der Waals surface area (Å²) in [7, 11) is 2.59. The third-order valence-corrected chi connectivity index (χ3v) is 8.66. The summed E-state index contributed by atoms with van der Waals surface area (Å²) in [5, 5.41) is 0. The number of hydrogen-bond acceptors (Lipinski definition) is 5. The van der Waals surface area contributed by atoms with Crippen LogP contribution in [-0.2, 0) is 14.9 Å². The van der Waals surface area contributed by atoms with Crippen LogP contribution in [0.15, 0.2) is 78.9 Å². The largest absolute Gasteiger partial charge is 0.497 e. The first kappa shape index (κ1) is 29.1. The lowest BCUT2D eigenvalue weighted by molar-refractivity contribution is -0.0251. The maximum atomic E-state index is 6.98. The SMILES string of the molecule is COc1ccc(C(OCC(C)OP(C)N(C(C)C)C(C)C)(c2ccccc2)c2ccc(OC)cc2)cc1. The molecule has 0 heterocycles. The summed E-state index contributed by atoms with van der Waals surface area (Å²) in [5.41, 5.74) is 2.23. The first-order valence-corrected chi connectivity index (χ1v) is 14.6. The molecule has 3 rings (SSSR count). The second kappa shape index (κ2) is 13.4. The van der Waals surface area contributed by atoms with Crippen LogP contribution in [0.3, 0.4) is 0 Å². The van der Waals surface area contributed by atoms with E-state index < -0.39 is 13.9 Å². The van der Waals surface area contributed by atoms with E-state index in [1.54, 1.807) is 14.2 Å². The molecule has 5 nitrogen and oxygen atoms in total. The van der Waals surface area contributed by atoms with E-state index in [-0.39, 0.29) is 6.10 Å². The van der Waals surface area contributed by atoms with Crippen LogP contribution in [0.2, 0.25) is 0 Å². The molecule has 37 heavy (non-hydrogen) atoms. The van der Waals surface area contributed by atoms with Gasteiger partial charge in [-0.3, -0.25) is 4.67 Å². The summed E-state index contributed by atoms with van der Waals surface area (Å²) in [6.45, 7) is 13.6. The van der Waals surface area contributed by atoms with Gasteiger partial charge in [0, 0.05) is 12.1 Å². The molecule has 0 spiro atoms. The van der Waals surface area contributed by atoms with Gasteiger partial charge in [-0.25, -0.2) is 0 Å². The molecule has 0 saturated carbocycles. The van der Waals surface area contributed by atoms with E-state index in [0.717, 1.165) is 28.2 Å². The van der Waals surface area contributed by atoms with Crippen molar-refractivity contribution in [3.63, 3.8) is 0 Å². The molecule has 0 saturated heterocycles. The van der Waals surface area contributed by atoms with Gasteiger partial charge in [0.05, 0.1) is 26.9 Å². The molecule has 0 radical (unpaired) electrons. The molecule has 3 aromatic rings. The molecule has 0 aliphatic heterocycles. The van der Waals surface area contributed by atoms with Gasteiger partial charge in [-0.1, -0.05) is 54.6 Å². The third kappa shape index (κ3) is 6.91. The highest BCUT2D eigenvalue weighted by Crippen LogP contribution is 2.44. The average Bonchev–Trinajstić information content (AvgIpc) is 2.90. The lowest BCUT2D eigenvalue weighted by Gasteiger charge is -2.39. The Morgan fingerprint density at radius 3 is 1.51 bits per heavy atom. The van der Waals surface area contributed by atoms with Crippen molar-refractivity contribution in [2.24, 2.45) is 0 Å². The van der Waals surface area contributed by atoms with Crippen molar-refractivity contribution < 1.29 is 18.7 Å². The summed E-state index contributed by atoms with van der Waals surface area (Å²) in [6, 6.07) is 27.4. The van der Waals surface area contributed by atoms with E-state index in [4.69, 9.17) is 18.7 Å². The van der Waals surface area contributed by atoms with Crippen LogP contribution in [0, 0.1) is 0 Å². The zero-order valence-corrected chi connectivity index (χ0v) is 24.4. The van der Waals surface area contributed by atoms with E-state index in [1.807, 2.05) is 30.3 Å². The molecule has 200 valence electrons. The van der Waals surface area contributed by atoms with Gasteiger partial charge in [0.25, 0.3) is 0 Å². The highest BCUT2D eigenvalue weighted by Gasteiger charge is 2.38. The van der Waals surface area contributed by atoms with Crippen LogP contribution in [0.25, 0.3) is 0 Å². The maximum absolute atomic E-state index is 6.98. The molecular formula is C31H42NO4P. The van der Waals surface area contributed by atoms with Crippen molar-refractivity contribution in [1.29, 1.82) is 0 Å². The van der Waals surface area contributed by atoms with Gasteiger partial charge in [0.15, 0.2) is 0 Å². The van der Waals surface area contributed by atoms with Gasteiger partial charge in [-0.05, 0) is 82.2 Å². The molecule has 2 unspecified atom stereocenters. The van der Waals surface area contributed by atoms with Crippen molar-refractivity contribution in [2.75, 3.05) is 27.5 Å². The fraction of sp³-hybridized carbons (Fsp3) is 0.419. The highest BCUT2D eigenvalue weighted by atomic mass is 31.2. The number of rotatable bonds is 13. The molecule has 0 aliphatic rings. The van der Waals surface area contributed by atoms with Crippen LogP contribution in [-0.4, -0.2) is 50.3 Å². The molecular weight excluding hydrogens is 481 g/mol. The predicted octanol–water partition coefficient (Wildman–Crippen LogP) is 7.48. The Morgan fingerprint density at radius 2 is 1.11 bits per heavy atom. The maximum Gasteiger partial charge on any atom is 0.143 e. The Bertz CT molecular complexity index is 1020. The summed E-state index contributed by atoms with van der Waals surface area (Å²) in [4.78, 5) is 0. The van der Waals surface area contributed by atoms with Gasteiger partial charge in [0.2, 0.25) is 0 Å². The second-order valence-corrected chi connectivity index (χ2v) is 11.4. The van der Waals surface area contributed by atoms with Crippen LogP contribution < -0.4 is 9.47 Å². The molecule has 0 N–H and O–H groups in total. The van der Waals surface area contributed by atoms with E-state index in [1.165, 1.54) is 0 Å². The van der Waals surface area contributed by atoms with Gasteiger partial charge in [-0.2, -0.15) is 0 Å². The molecule has 6 heteroatoms. The van der Waals surface area contributed by atoms with Gasteiger partial charge in [-0.15, -0.1) is 0 Å². The van der Waals surface area contributed by atoms with E-state index in [0.29, 0.717) is 18.7 Å². The monoisotopic (exact) mass is 523 g/mol. The minimum Gasteiger partial charge on any atom is -0.497 e. The van der Waals surface area contributed by atoms with Gasteiger partial charge in [0.1, 0.15) is 25.4 Å². The van der Waals surface area contributed by atoms with Crippen molar-refractivity contribution in [3.05, 3.63) is 95.6 Å². The number of ether oxygens (including phenoxy) is 3. The van der Waals surface area contributed by atoms with E-state index in [2.05, 4.69) is 94.5 Å². The molecule has 0 aliphatic carbocycles. The predicted molar refractivity (Wildman–Crippen MR) is 154 cm³/mol. The Morgan fingerprint density at radius 1 is 0.676 bits per heavy atom. The fourth-order valence-corrected chi connectivity index (χ4v) is 6.90. The number of methoxy groups -OCH3 is 2. The van der Waals surface area contributed by atoms with Crippen molar-refractivity contribution in [1.82, 2.24) is 4.67 Å². The topological polar surface area (TPSA) is 40.2 Å². The summed E-state index contributed by atoms with van der Waals surface area (Å²) < 4.78 is 26.8. The minimum atomic E-state index is -0.844. The van der Waals surface area contributed by atoms with Crippen molar-refractivity contribution in [2.45, 2.75) is 58.4 Å². The highest BCUT2D eigenvalue weighted by molar-refractivity contribution is 7.49. The summed E-state index contributed by atoms with van der Waals surface area (Å²) in [5.74, 6) is 1.60. The Kier molecular flexibility index (Phi) is 10.5. The fourth-order valence-electron chi connectivity index (χ4n) is 4.91. The molecule has 2 atom stereocenters. The average molecular weight is 524 g/mol. The van der Waals surface area contributed by atoms with Crippen molar-refractivity contribution >= 4 is 8.30 Å². The number of nitrogens with zero attached hydrogens (tertiary/aromatic N) is 1. The van der Waals surface area contributed by atoms with Crippen LogP contribution in [0.4, 0.5) is 0 Å². The molecule has 0 amide bonds. The van der Waals surface area contributed by atoms with Crippen molar-refractivity contribution in [3.8, 4) is 11.5 Å². The normalized spacial score (nSPS) is 13.7. The van der Waals surface area contributed by atoms with Crippen LogP contribution in [0.1, 0.15) is 51.3 Å². The molecule has 0 bridgehead atoms. The van der Waals surface area contributed by atoms with E-state index >= 15 is 0 Å². The quantitative estimate of drug-likeness (QED) is 0.172. The van der Waals surface area contributed by atoms with Gasteiger partial charge >= 0.3 is 0 Å². The van der Waals surface area contributed by atoms with Gasteiger partial charge < -0.3 is 18.7 Å². The standard InChI is InChI=1S/C31H42NO4P/c1-23(2)32(24(3)4)37(8)36-25(5)22-35-31(26-12-10-9-11-13-26,27-14-18-29(33-6)19-15-27)28-16-20-30(34-7)21-17-28/h9-21,23-25H,22H2,1-8H3. The second-order valence-electron chi connectivity index (χ2n) is 9.76. The summed E-state index contributed by atoms with van der Waals surface area (Å²) in [6.07, 6.45) is -0.101. The molecule has 0 aromatic heterocycles. The minimum absolute atomic E-state index is 0.101. The smallest absolute Gasteiger partial charge is 0.143 e. The van der Waals surface area contributed by atoms with E-state index in [9.17, 15) is 0 Å². The Hall–Kier alpha value is -2.43. The Balaban J connectivity index is 2.03. The van der Waals surface area contributed by atoms with Crippen LogP contribution in [0.5, 0.6) is 11.5 Å². The molecule has 3 aromatic carbocycles. The summed E-state index contributed by atoms with van der Waals surface area (Å²) >= 11 is 0. The first-order chi connectivity index (χ1) is 17.7. The third-order valence-electron chi connectivity index (χ3n) is 6.42. The first-order valence-electron chi connectivity index (χ1n) is 12.9. The number of benzene rings is 3. The lowest BCUT2D eigenvalue weighted by atomic mass is 9.80. The zero-order chi connectivity index (χ0) is 27.0. The lowest BCUT2D eigenvalue weighted by Crippen LogP contribution is -2.37.